The number of hydrogen-bond donors (Lipinski definition) is 2. The summed E-state index contributed by atoms with van der Waals surface area (Å²) in [5.74, 6) is -1.20. The van der Waals surface area contributed by atoms with Crippen LogP contribution in [0.4, 0.5) is 0 Å². The molecule has 1 saturated heterocycles. The van der Waals surface area contributed by atoms with Crippen LogP contribution in [0.25, 0.3) is 0 Å². The van der Waals surface area contributed by atoms with Crippen molar-refractivity contribution in [2.75, 3.05) is 0 Å². The molecule has 2 amide bonds. The van der Waals surface area contributed by atoms with E-state index in [0.717, 1.165) is 25.7 Å². The molecule has 0 aromatic carbocycles. The van der Waals surface area contributed by atoms with Gasteiger partial charge in [-0.15, -0.1) is 0 Å². The van der Waals surface area contributed by atoms with Gasteiger partial charge in [0.1, 0.15) is 11.8 Å². The minimum absolute atomic E-state index is 0.00711. The molecule has 3 rings (SSSR count). The normalized spacial score (nSPS) is 32.2. The Morgan fingerprint density at radius 3 is 2.67 bits per heavy atom. The maximum absolute atomic E-state index is 12.7. The fourth-order valence-corrected chi connectivity index (χ4v) is 3.75. The van der Waals surface area contributed by atoms with Crippen molar-refractivity contribution in [3.63, 3.8) is 0 Å². The first kappa shape index (κ1) is 14.0. The maximum Gasteiger partial charge on any atom is 0.326 e. The number of fused-ring (bicyclic) bond motifs is 1. The highest BCUT2D eigenvalue weighted by Gasteiger charge is 2.48. The van der Waals surface area contributed by atoms with E-state index in [1.807, 2.05) is 0 Å². The molecule has 3 atom stereocenters. The second-order valence-electron chi connectivity index (χ2n) is 6.01. The average molecular weight is 293 g/mol. The monoisotopic (exact) mass is 293 g/mol. The molecule has 2 N–H and O–H groups in total. The molecule has 0 bridgehead atoms. The molecule has 3 aliphatic rings. The summed E-state index contributed by atoms with van der Waals surface area (Å²) < 4.78 is 0. The topological polar surface area (TPSA) is 99.1 Å². The van der Waals surface area contributed by atoms with Gasteiger partial charge in [0, 0.05) is 18.9 Å². The van der Waals surface area contributed by atoms with Crippen LogP contribution in [0.3, 0.4) is 0 Å². The van der Waals surface area contributed by atoms with E-state index in [4.69, 9.17) is 0 Å². The maximum atomic E-state index is 12.7. The number of aliphatic carboxylic acids is 1. The van der Waals surface area contributed by atoms with Crippen LogP contribution in [0.15, 0.2) is 5.10 Å². The smallest absolute Gasteiger partial charge is 0.326 e. The van der Waals surface area contributed by atoms with Crippen molar-refractivity contribution in [1.29, 1.82) is 0 Å². The lowest BCUT2D eigenvalue weighted by Gasteiger charge is -2.33. The molecule has 2 aliphatic heterocycles. The number of carboxylic acids is 1. The van der Waals surface area contributed by atoms with Crippen molar-refractivity contribution in [2.24, 2.45) is 11.0 Å². The van der Waals surface area contributed by atoms with Crippen LogP contribution in [-0.2, 0) is 14.4 Å². The summed E-state index contributed by atoms with van der Waals surface area (Å²) in [6, 6.07) is -0.751. The Morgan fingerprint density at radius 2 is 2.00 bits per heavy atom. The van der Waals surface area contributed by atoms with E-state index in [-0.39, 0.29) is 42.3 Å². The van der Waals surface area contributed by atoms with Crippen molar-refractivity contribution < 1.29 is 19.5 Å². The van der Waals surface area contributed by atoms with Crippen LogP contribution in [0, 0.1) is 5.92 Å². The van der Waals surface area contributed by atoms with E-state index in [1.54, 1.807) is 0 Å². The Hall–Kier alpha value is -1.92. The molecule has 3 unspecified atom stereocenters. The Kier molecular flexibility index (Phi) is 3.65. The largest absolute Gasteiger partial charge is 0.480 e. The van der Waals surface area contributed by atoms with E-state index < -0.39 is 12.0 Å². The molecule has 0 aromatic heterocycles. The average Bonchev–Trinajstić information content (AvgIpc) is 2.87. The van der Waals surface area contributed by atoms with Gasteiger partial charge in [0.05, 0.1) is 0 Å². The number of hydrogen-bond acceptors (Lipinski definition) is 4. The van der Waals surface area contributed by atoms with Crippen LogP contribution in [0.1, 0.15) is 44.9 Å². The van der Waals surface area contributed by atoms with E-state index >= 15 is 0 Å². The lowest BCUT2D eigenvalue weighted by atomic mass is 9.84. The van der Waals surface area contributed by atoms with Crippen molar-refractivity contribution in [2.45, 2.75) is 57.0 Å². The summed E-state index contributed by atoms with van der Waals surface area (Å²) in [4.78, 5) is 36.8. The number of nitrogens with one attached hydrogen (secondary N) is 1. The molecule has 2 heterocycles. The summed E-state index contributed by atoms with van der Waals surface area (Å²) in [6.45, 7) is 0. The van der Waals surface area contributed by atoms with Gasteiger partial charge in [-0.2, -0.15) is 5.10 Å². The first-order valence-electron chi connectivity index (χ1n) is 7.49. The minimum atomic E-state index is -0.946. The molecule has 0 radical (unpaired) electrons. The van der Waals surface area contributed by atoms with Crippen LogP contribution < -0.4 is 5.43 Å². The van der Waals surface area contributed by atoms with Gasteiger partial charge in [-0.25, -0.2) is 10.2 Å². The Balaban J connectivity index is 1.84. The third-order valence-electron chi connectivity index (χ3n) is 4.76. The number of carbonyl (C=O) groups excluding carboxylic acids is 2. The van der Waals surface area contributed by atoms with Crippen molar-refractivity contribution in [3.05, 3.63) is 0 Å². The van der Waals surface area contributed by atoms with Gasteiger partial charge < -0.3 is 10.0 Å². The second kappa shape index (κ2) is 5.46. The number of hydrazone groups is 1. The fraction of sp³-hybridized carbons (Fsp3) is 0.714. The predicted molar refractivity (Wildman–Crippen MR) is 73.4 cm³/mol. The number of likely N-dealkylation sites (tertiary alicyclic amines) is 1. The predicted octanol–water partition coefficient (Wildman–Crippen LogP) is 0.497. The second-order valence-corrected chi connectivity index (χ2v) is 6.01. The highest BCUT2D eigenvalue weighted by molar-refractivity contribution is 6.39. The van der Waals surface area contributed by atoms with E-state index in [0.29, 0.717) is 6.42 Å². The summed E-state index contributed by atoms with van der Waals surface area (Å²) in [7, 11) is 0. The van der Waals surface area contributed by atoms with Crippen molar-refractivity contribution >= 4 is 23.5 Å². The number of rotatable bonds is 2. The summed E-state index contributed by atoms with van der Waals surface area (Å²) >= 11 is 0. The van der Waals surface area contributed by atoms with Gasteiger partial charge in [-0.3, -0.25) is 9.59 Å². The molecule has 1 aliphatic carbocycles. The van der Waals surface area contributed by atoms with Gasteiger partial charge >= 0.3 is 5.97 Å². The first-order valence-corrected chi connectivity index (χ1v) is 7.49. The van der Waals surface area contributed by atoms with Crippen LogP contribution in [0.2, 0.25) is 0 Å². The number of nitrogens with zero attached hydrogens (tertiary/aromatic N) is 2. The molecule has 7 nitrogen and oxygen atoms in total. The Labute approximate surface area is 122 Å². The zero-order valence-electron chi connectivity index (χ0n) is 11.7. The highest BCUT2D eigenvalue weighted by atomic mass is 16.4. The lowest BCUT2D eigenvalue weighted by Crippen LogP contribution is -2.50. The summed E-state index contributed by atoms with van der Waals surface area (Å²) in [6.07, 6.45) is 5.02. The van der Waals surface area contributed by atoms with Gasteiger partial charge in [-0.05, 0) is 25.2 Å². The Morgan fingerprint density at radius 1 is 1.24 bits per heavy atom. The highest BCUT2D eigenvalue weighted by Crippen LogP contribution is 2.40. The molecule has 1 saturated carbocycles. The van der Waals surface area contributed by atoms with E-state index in [9.17, 15) is 19.5 Å². The van der Waals surface area contributed by atoms with Crippen molar-refractivity contribution in [1.82, 2.24) is 10.3 Å². The quantitative estimate of drug-likeness (QED) is 0.774. The molecule has 114 valence electrons. The first-order chi connectivity index (χ1) is 10.1. The molecule has 2 fully saturated rings. The van der Waals surface area contributed by atoms with E-state index in [1.165, 1.54) is 4.90 Å². The molecular weight excluding hydrogens is 274 g/mol. The van der Waals surface area contributed by atoms with Crippen molar-refractivity contribution in [3.8, 4) is 0 Å². The third-order valence-corrected chi connectivity index (χ3v) is 4.76. The zero-order valence-corrected chi connectivity index (χ0v) is 11.7. The number of carboxylic acid groups (broad SMARTS) is 1. The molecule has 0 spiro atoms. The Bertz CT molecular complexity index is 516. The van der Waals surface area contributed by atoms with Crippen LogP contribution >= 0.6 is 0 Å². The zero-order chi connectivity index (χ0) is 15.0. The number of amides is 2. The van der Waals surface area contributed by atoms with Gasteiger partial charge in [0.2, 0.25) is 5.91 Å². The van der Waals surface area contributed by atoms with E-state index in [2.05, 4.69) is 10.5 Å². The molecule has 7 heteroatoms. The standard InChI is InChI=1S/C14H19N3O4/c18-12-6-5-9(15-16-12)13(19)17-10-4-2-1-3-8(10)7-11(17)14(20)21/h8,10-11H,1-7H2,(H,16,18)(H,20,21). The van der Waals surface area contributed by atoms with Gasteiger partial charge in [0.25, 0.3) is 5.91 Å². The fourth-order valence-electron chi connectivity index (χ4n) is 3.75. The minimum Gasteiger partial charge on any atom is -0.480 e. The van der Waals surface area contributed by atoms with Crippen LogP contribution in [0.5, 0.6) is 0 Å². The third kappa shape index (κ3) is 2.52. The molecule has 0 aromatic rings. The number of carbonyl (C=O) groups is 3. The lowest BCUT2D eigenvalue weighted by molar-refractivity contribution is -0.147. The summed E-state index contributed by atoms with van der Waals surface area (Å²) in [5.41, 5.74) is 2.58. The SMILES string of the molecule is O=C1CCC(C(=O)N2C(C(=O)O)CC3CCCCC32)=NN1. The summed E-state index contributed by atoms with van der Waals surface area (Å²) in [5, 5.41) is 13.2. The molecular formula is C14H19N3O4. The van der Waals surface area contributed by atoms with Crippen LogP contribution in [-0.4, -0.2) is 45.6 Å². The van der Waals surface area contributed by atoms with Gasteiger partial charge in [0.15, 0.2) is 0 Å². The van der Waals surface area contributed by atoms with Gasteiger partial charge in [-0.1, -0.05) is 12.8 Å². The molecule has 21 heavy (non-hydrogen) atoms.